The van der Waals surface area contributed by atoms with Crippen LogP contribution in [0.3, 0.4) is 0 Å². The number of carbonyl (C=O) groups excluding carboxylic acids is 1. The minimum atomic E-state index is -0.176. The molecule has 0 aliphatic carbocycles. The second-order valence-electron chi connectivity index (χ2n) is 4.17. The van der Waals surface area contributed by atoms with Gasteiger partial charge in [0.2, 0.25) is 0 Å². The average Bonchev–Trinajstić information content (AvgIpc) is 2.36. The van der Waals surface area contributed by atoms with Gasteiger partial charge in [-0.1, -0.05) is 6.07 Å². The third kappa shape index (κ3) is 3.36. The van der Waals surface area contributed by atoms with Crippen LogP contribution < -0.4 is 11.1 Å². The van der Waals surface area contributed by atoms with E-state index < -0.39 is 0 Å². The normalized spacial score (nSPS) is 10.3. The van der Waals surface area contributed by atoms with Crippen molar-refractivity contribution < 1.29 is 4.79 Å². The van der Waals surface area contributed by atoms with Crippen molar-refractivity contribution >= 4 is 49.1 Å². The Labute approximate surface area is 128 Å². The predicted molar refractivity (Wildman–Crippen MR) is 85.4 cm³/mol. The molecule has 98 valence electrons. The summed E-state index contributed by atoms with van der Waals surface area (Å²) in [7, 11) is 0. The van der Waals surface area contributed by atoms with E-state index in [0.29, 0.717) is 15.7 Å². The molecule has 0 atom stereocenters. The number of nitrogens with one attached hydrogen (secondary N) is 1. The molecule has 5 heteroatoms. The van der Waals surface area contributed by atoms with Crippen molar-refractivity contribution in [3.8, 4) is 0 Å². The summed E-state index contributed by atoms with van der Waals surface area (Å²) in [6.07, 6.45) is 0. The van der Waals surface area contributed by atoms with Gasteiger partial charge in [0.1, 0.15) is 0 Å². The first kappa shape index (κ1) is 14.1. The van der Waals surface area contributed by atoms with Crippen LogP contribution in [0.2, 0.25) is 0 Å². The number of anilines is 2. The Bertz CT molecular complexity index is 641. The van der Waals surface area contributed by atoms with E-state index in [4.69, 9.17) is 5.73 Å². The molecule has 0 spiro atoms. The fraction of sp³-hybridized carbons (Fsp3) is 0.0714. The number of hydrogen-bond donors (Lipinski definition) is 2. The number of carbonyl (C=O) groups is 1. The Hall–Kier alpha value is -1.33. The summed E-state index contributed by atoms with van der Waals surface area (Å²) >= 11 is 6.74. The molecule has 0 unspecified atom stereocenters. The number of nitrogens with two attached hydrogens (primary N) is 1. The van der Waals surface area contributed by atoms with Crippen molar-refractivity contribution in [3.05, 3.63) is 56.5 Å². The van der Waals surface area contributed by atoms with Crippen LogP contribution in [0.25, 0.3) is 0 Å². The van der Waals surface area contributed by atoms with Gasteiger partial charge in [-0.2, -0.15) is 0 Å². The van der Waals surface area contributed by atoms with Crippen molar-refractivity contribution in [2.45, 2.75) is 6.92 Å². The minimum Gasteiger partial charge on any atom is -0.398 e. The fourth-order valence-electron chi connectivity index (χ4n) is 1.58. The van der Waals surface area contributed by atoms with Gasteiger partial charge in [0.05, 0.1) is 5.69 Å². The number of hydrogen-bond acceptors (Lipinski definition) is 2. The van der Waals surface area contributed by atoms with E-state index in [2.05, 4.69) is 37.2 Å². The molecule has 0 aliphatic rings. The van der Waals surface area contributed by atoms with Crippen molar-refractivity contribution in [2.75, 3.05) is 11.1 Å². The Morgan fingerprint density at radius 3 is 2.47 bits per heavy atom. The molecule has 0 bridgehead atoms. The van der Waals surface area contributed by atoms with Gasteiger partial charge in [0.25, 0.3) is 5.91 Å². The lowest BCUT2D eigenvalue weighted by Crippen LogP contribution is -2.12. The fourth-order valence-corrected chi connectivity index (χ4v) is 2.56. The van der Waals surface area contributed by atoms with E-state index in [-0.39, 0.29) is 5.91 Å². The zero-order valence-electron chi connectivity index (χ0n) is 10.2. The van der Waals surface area contributed by atoms with Crippen LogP contribution in [-0.2, 0) is 0 Å². The van der Waals surface area contributed by atoms with Crippen LogP contribution >= 0.6 is 31.9 Å². The Kier molecular flexibility index (Phi) is 4.27. The lowest BCUT2D eigenvalue weighted by molar-refractivity contribution is 0.102. The molecular weight excluding hydrogens is 372 g/mol. The number of nitrogen functional groups attached to an aromatic ring is 1. The molecule has 0 aromatic heterocycles. The molecule has 0 radical (unpaired) electrons. The zero-order valence-corrected chi connectivity index (χ0v) is 13.4. The number of halogens is 2. The molecule has 3 nitrogen and oxygen atoms in total. The van der Waals surface area contributed by atoms with Gasteiger partial charge in [-0.15, -0.1) is 0 Å². The first-order valence-electron chi connectivity index (χ1n) is 5.60. The van der Waals surface area contributed by atoms with Crippen LogP contribution in [0.1, 0.15) is 15.9 Å². The maximum atomic E-state index is 12.1. The molecule has 0 aliphatic heterocycles. The monoisotopic (exact) mass is 382 g/mol. The SMILES string of the molecule is Cc1ccc(NC(=O)c2ccc(N)c(Br)c2)c(Br)c1. The molecule has 19 heavy (non-hydrogen) atoms. The summed E-state index contributed by atoms with van der Waals surface area (Å²) in [5.74, 6) is -0.176. The number of benzene rings is 2. The van der Waals surface area contributed by atoms with E-state index in [0.717, 1.165) is 15.7 Å². The molecule has 3 N–H and O–H groups in total. The molecular formula is C14H12Br2N2O. The number of amides is 1. The lowest BCUT2D eigenvalue weighted by Gasteiger charge is -2.09. The Morgan fingerprint density at radius 2 is 1.84 bits per heavy atom. The highest BCUT2D eigenvalue weighted by Gasteiger charge is 2.09. The van der Waals surface area contributed by atoms with Crippen LogP contribution in [0.4, 0.5) is 11.4 Å². The third-order valence-corrected chi connectivity index (χ3v) is 3.98. The average molecular weight is 384 g/mol. The van der Waals surface area contributed by atoms with Crippen LogP contribution in [0, 0.1) is 6.92 Å². The first-order valence-corrected chi connectivity index (χ1v) is 7.18. The third-order valence-electron chi connectivity index (χ3n) is 2.64. The van der Waals surface area contributed by atoms with Gasteiger partial charge in [-0.05, 0) is 74.7 Å². The quantitative estimate of drug-likeness (QED) is 0.757. The number of rotatable bonds is 2. The Balaban J connectivity index is 2.23. The highest BCUT2D eigenvalue weighted by molar-refractivity contribution is 9.11. The van der Waals surface area contributed by atoms with Crippen LogP contribution in [-0.4, -0.2) is 5.91 Å². The maximum Gasteiger partial charge on any atom is 0.255 e. The Morgan fingerprint density at radius 1 is 1.11 bits per heavy atom. The van der Waals surface area contributed by atoms with Gasteiger partial charge in [-0.3, -0.25) is 4.79 Å². The minimum absolute atomic E-state index is 0.176. The van der Waals surface area contributed by atoms with Gasteiger partial charge >= 0.3 is 0 Å². The molecule has 0 saturated heterocycles. The van der Waals surface area contributed by atoms with E-state index >= 15 is 0 Å². The largest absolute Gasteiger partial charge is 0.398 e. The smallest absolute Gasteiger partial charge is 0.255 e. The number of aryl methyl sites for hydroxylation is 1. The molecule has 0 saturated carbocycles. The standard InChI is InChI=1S/C14H12Br2N2O/c1-8-2-5-13(11(16)6-8)18-14(19)9-3-4-12(17)10(15)7-9/h2-7H,17H2,1H3,(H,18,19). The topological polar surface area (TPSA) is 55.1 Å². The maximum absolute atomic E-state index is 12.1. The highest BCUT2D eigenvalue weighted by Crippen LogP contribution is 2.25. The summed E-state index contributed by atoms with van der Waals surface area (Å²) in [6.45, 7) is 1.99. The second-order valence-corrected chi connectivity index (χ2v) is 5.88. The van der Waals surface area contributed by atoms with Gasteiger partial charge in [0, 0.05) is 20.2 Å². The van der Waals surface area contributed by atoms with E-state index in [1.807, 2.05) is 25.1 Å². The van der Waals surface area contributed by atoms with Gasteiger partial charge < -0.3 is 11.1 Å². The van der Waals surface area contributed by atoms with Crippen molar-refractivity contribution in [3.63, 3.8) is 0 Å². The highest BCUT2D eigenvalue weighted by atomic mass is 79.9. The van der Waals surface area contributed by atoms with Crippen LogP contribution in [0.15, 0.2) is 45.3 Å². The zero-order chi connectivity index (χ0) is 14.0. The molecule has 2 aromatic rings. The molecule has 2 aromatic carbocycles. The van der Waals surface area contributed by atoms with Crippen molar-refractivity contribution in [1.82, 2.24) is 0 Å². The second kappa shape index (κ2) is 5.75. The van der Waals surface area contributed by atoms with E-state index in [9.17, 15) is 4.79 Å². The summed E-state index contributed by atoms with van der Waals surface area (Å²) in [5, 5.41) is 2.85. The summed E-state index contributed by atoms with van der Waals surface area (Å²) < 4.78 is 1.57. The molecule has 2 rings (SSSR count). The van der Waals surface area contributed by atoms with Crippen molar-refractivity contribution in [2.24, 2.45) is 0 Å². The van der Waals surface area contributed by atoms with Gasteiger partial charge in [0.15, 0.2) is 0 Å². The molecule has 0 fully saturated rings. The lowest BCUT2D eigenvalue weighted by atomic mass is 10.2. The van der Waals surface area contributed by atoms with Gasteiger partial charge in [-0.25, -0.2) is 0 Å². The van der Waals surface area contributed by atoms with E-state index in [1.165, 1.54) is 0 Å². The predicted octanol–water partition coefficient (Wildman–Crippen LogP) is 4.35. The summed E-state index contributed by atoms with van der Waals surface area (Å²) in [6, 6.07) is 10.9. The summed E-state index contributed by atoms with van der Waals surface area (Å²) in [5.41, 5.74) is 8.71. The van der Waals surface area contributed by atoms with Crippen LogP contribution in [0.5, 0.6) is 0 Å². The van der Waals surface area contributed by atoms with E-state index in [1.54, 1.807) is 18.2 Å². The first-order chi connectivity index (χ1) is 8.97. The molecule has 1 amide bonds. The van der Waals surface area contributed by atoms with Crippen molar-refractivity contribution in [1.29, 1.82) is 0 Å². The molecule has 0 heterocycles. The summed E-state index contributed by atoms with van der Waals surface area (Å²) in [4.78, 5) is 12.1.